The predicted molar refractivity (Wildman–Crippen MR) is 542 cm³/mol. The smallest absolute Gasteiger partial charge is 0.326 e. The minimum absolute atomic E-state index is 0.0488. The molecule has 0 aliphatic carbocycles. The van der Waals surface area contributed by atoms with Crippen molar-refractivity contribution in [2.45, 2.75) is 304 Å². The summed E-state index contributed by atoms with van der Waals surface area (Å²) in [6.07, 6.45) is -4.76. The molecule has 0 fully saturated rings. The van der Waals surface area contributed by atoms with E-state index in [1.165, 1.54) is 25.6 Å². The molecule has 18 atom stereocenters. The topological polar surface area (TPSA) is 868 Å². The summed E-state index contributed by atoms with van der Waals surface area (Å²) >= 11 is 1.26. The van der Waals surface area contributed by atoms with Gasteiger partial charge in [0.05, 0.1) is 31.7 Å². The number of carboxylic acid groups (broad SMARTS) is 5. The molecule has 0 bridgehead atoms. The van der Waals surface area contributed by atoms with Crippen molar-refractivity contribution in [1.82, 2.24) is 85.1 Å². The van der Waals surface area contributed by atoms with E-state index in [9.17, 15) is 121 Å². The Hall–Kier alpha value is -14.4. The second-order valence-electron chi connectivity index (χ2n) is 36.4. The molecule has 3 aromatic carbocycles. The number of benzene rings is 3. The van der Waals surface area contributed by atoms with Gasteiger partial charge in [-0.25, -0.2) is 4.79 Å². The number of rotatable bonds is 76. The van der Waals surface area contributed by atoms with Crippen LogP contribution in [0.15, 0.2) is 91.0 Å². The number of nitrogens with one attached hydrogen (secondary N) is 16. The zero-order chi connectivity index (χ0) is 112. The molecule has 3 aromatic rings. The van der Waals surface area contributed by atoms with Gasteiger partial charge in [-0.05, 0) is 176 Å². The standard InChI is InChI=1S/C97H149N23O28S/c1-7-54(4)80(96(146)119-71(50-75(104)122)93(143)111-65(97(147)148)34-20-24-43-101)120-87(137)63(36-38-77(125)126)109-92(142)70(49-74(103)121)117-91(141)69(48-58-29-15-10-16-30-58)116-90(140)68(47-57-27-13-9-14-28-57)115-84(134)61(32-18-22-41-99)108-95(145)73(52-79(129)130)118-85(135)62(33-19-23-42-100)107-89(139)66(45-53(2)3)113-83(133)60(31-17-21-40-98)106-81(131)55(5)105-88(138)67(46-56-25-11-8-12-26-56)114-86(136)64(39-44-149-6)110-94(144)72(51-78(127)128)112-82(132)59(102)35-37-76(123)124/h8-16,25-30,53-55,59-73,80H,7,17-24,31-52,98-102H2,1-6H3,(H2,103,121)(H2,104,122)(H,105,138)(H,106,131)(H,107,139)(H,108,145)(H,109,142)(H,110,144)(H,111,143)(H,112,132)(H,113,133)(H,114,136)(H,115,134)(H,116,140)(H,117,141)(H,118,135)(H,119,146)(H,120,137)(H,123,124)(H,125,126)(H,127,128)(H,129,130)(H,147,148)/t54-,55-,59-,60-,61-,62-,63-,64-,65-,66-,67-,68-,69-,70-,71-,72-,73-,80-/m0/s1. The molecular weight excluding hydrogens is 1970 g/mol. The molecule has 52 heteroatoms. The Morgan fingerprint density at radius 2 is 0.557 bits per heavy atom. The second-order valence-corrected chi connectivity index (χ2v) is 37.4. The lowest BCUT2D eigenvalue weighted by Gasteiger charge is -2.29. The second kappa shape index (κ2) is 69.7. The van der Waals surface area contributed by atoms with Crippen LogP contribution >= 0.6 is 11.8 Å². The van der Waals surface area contributed by atoms with Crippen molar-refractivity contribution < 1.29 is 136 Å². The van der Waals surface area contributed by atoms with Crippen LogP contribution in [0.3, 0.4) is 0 Å². The molecule has 0 saturated heterocycles. The number of hydrogen-bond donors (Lipinski definition) is 28. The summed E-state index contributed by atoms with van der Waals surface area (Å²) in [6, 6.07) is -4.50. The number of aliphatic carboxylic acids is 5. The van der Waals surface area contributed by atoms with Crippen LogP contribution in [0.4, 0.5) is 0 Å². The maximum atomic E-state index is 15.2. The van der Waals surface area contributed by atoms with E-state index in [1.54, 1.807) is 118 Å². The van der Waals surface area contributed by atoms with Gasteiger partial charge in [-0.15, -0.1) is 0 Å². The molecule has 18 amide bonds. The Labute approximate surface area is 866 Å². The van der Waals surface area contributed by atoms with Gasteiger partial charge < -0.3 is 151 Å². The first-order valence-corrected chi connectivity index (χ1v) is 50.7. The van der Waals surface area contributed by atoms with Gasteiger partial charge in [0.2, 0.25) is 106 Å². The van der Waals surface area contributed by atoms with Gasteiger partial charge in [0.1, 0.15) is 96.7 Å². The highest BCUT2D eigenvalue weighted by atomic mass is 32.2. The van der Waals surface area contributed by atoms with Gasteiger partial charge in [0, 0.05) is 32.1 Å². The van der Waals surface area contributed by atoms with Gasteiger partial charge in [0.15, 0.2) is 0 Å². The average molecular weight is 2120 g/mol. The molecule has 0 heterocycles. The van der Waals surface area contributed by atoms with Crippen molar-refractivity contribution >= 4 is 148 Å². The highest BCUT2D eigenvalue weighted by Crippen LogP contribution is 2.19. The van der Waals surface area contributed by atoms with Gasteiger partial charge in [-0.1, -0.05) is 125 Å². The molecule has 51 nitrogen and oxygen atoms in total. The normalized spacial score (nSPS) is 14.7. The van der Waals surface area contributed by atoms with Crippen molar-refractivity contribution in [2.24, 2.45) is 52.0 Å². The number of thioether (sulfide) groups is 1. The van der Waals surface area contributed by atoms with Gasteiger partial charge in [0.25, 0.3) is 0 Å². The number of unbranched alkanes of at least 4 members (excludes halogenated alkanes) is 4. The molecule has 0 aromatic heterocycles. The summed E-state index contributed by atoms with van der Waals surface area (Å²) in [7, 11) is 0. The summed E-state index contributed by atoms with van der Waals surface area (Å²) in [5, 5.41) is 88.3. The van der Waals surface area contributed by atoms with E-state index in [-0.39, 0.29) is 135 Å². The first kappa shape index (κ1) is 129. The molecule has 0 saturated carbocycles. The summed E-state index contributed by atoms with van der Waals surface area (Å²) in [5.74, 6) is -28.5. The van der Waals surface area contributed by atoms with Crippen LogP contribution in [0, 0.1) is 11.8 Å². The van der Waals surface area contributed by atoms with Crippen LogP contribution in [0.25, 0.3) is 0 Å². The SMILES string of the molecule is CC[C@H](C)[C@H](NC(=O)[C@H](CCC(=O)O)NC(=O)[C@H](CC(N)=O)NC(=O)[C@H](Cc1ccccc1)NC(=O)[C@H](Cc1ccccc1)NC(=O)[C@H](CCCCN)NC(=O)[C@H](CC(=O)O)NC(=O)[C@H](CCCCN)NC(=O)[C@H](CC(C)C)NC(=O)[C@H](CCCCN)NC(=O)[C@H](C)NC(=O)[C@H](Cc1ccccc1)NC(=O)[C@H](CCSC)NC(=O)[C@H](CC(=O)O)NC(=O)[C@@H](N)CCC(=O)O)C(=O)N[C@@H](CC(N)=O)C(=O)N[C@@H](CCCCN)C(=O)O. The fraction of sp³-hybridized carbons (Fsp3) is 0.577. The van der Waals surface area contributed by atoms with E-state index in [0.717, 1.165) is 0 Å². The van der Waals surface area contributed by atoms with Crippen molar-refractivity contribution in [2.75, 3.05) is 38.2 Å². The zero-order valence-electron chi connectivity index (χ0n) is 84.6. The fourth-order valence-electron chi connectivity index (χ4n) is 15.1. The van der Waals surface area contributed by atoms with Crippen molar-refractivity contribution in [3.63, 3.8) is 0 Å². The zero-order valence-corrected chi connectivity index (χ0v) is 85.4. The molecular formula is C97H149N23O28S. The van der Waals surface area contributed by atoms with E-state index in [2.05, 4.69) is 85.1 Å². The number of carboxylic acids is 5. The molecule has 3 rings (SSSR count). The van der Waals surface area contributed by atoms with Crippen LogP contribution in [-0.4, -0.2) is 303 Å². The highest BCUT2D eigenvalue weighted by molar-refractivity contribution is 7.98. The van der Waals surface area contributed by atoms with E-state index < -0.39 is 302 Å². The van der Waals surface area contributed by atoms with E-state index in [1.807, 2.05) is 0 Å². The fourth-order valence-corrected chi connectivity index (χ4v) is 15.6. The van der Waals surface area contributed by atoms with Crippen LogP contribution in [0.1, 0.15) is 199 Å². The Balaban J connectivity index is 2.05. The summed E-state index contributed by atoms with van der Waals surface area (Å²) in [5.41, 5.74) is 41.4. The van der Waals surface area contributed by atoms with Crippen molar-refractivity contribution in [3.8, 4) is 0 Å². The Morgan fingerprint density at radius 1 is 0.289 bits per heavy atom. The van der Waals surface area contributed by atoms with Gasteiger partial charge in [-0.3, -0.25) is 105 Å². The number of amides is 18. The molecule has 0 spiro atoms. The maximum absolute atomic E-state index is 15.2. The number of carbonyl (C=O) groups is 23. The summed E-state index contributed by atoms with van der Waals surface area (Å²) in [4.78, 5) is 317. The lowest BCUT2D eigenvalue weighted by molar-refractivity contribution is -0.143. The number of hydrogen-bond acceptors (Lipinski definition) is 29. The number of nitrogens with two attached hydrogens (primary N) is 7. The van der Waals surface area contributed by atoms with E-state index >= 15 is 9.59 Å². The van der Waals surface area contributed by atoms with Gasteiger partial charge >= 0.3 is 29.8 Å². The Bertz CT molecular complexity index is 4940. The third kappa shape index (κ3) is 50.7. The summed E-state index contributed by atoms with van der Waals surface area (Å²) in [6.45, 7) is 8.19. The minimum atomic E-state index is -2.06. The lowest BCUT2D eigenvalue weighted by atomic mass is 9.96. The van der Waals surface area contributed by atoms with Crippen molar-refractivity contribution in [3.05, 3.63) is 108 Å². The molecule has 35 N–H and O–H groups in total. The maximum Gasteiger partial charge on any atom is 0.326 e. The largest absolute Gasteiger partial charge is 0.481 e. The number of carbonyl (C=O) groups excluding carboxylic acids is 18. The molecule has 0 aliphatic rings. The third-order valence-electron chi connectivity index (χ3n) is 23.6. The van der Waals surface area contributed by atoms with Crippen molar-refractivity contribution in [1.29, 1.82) is 0 Å². The average Bonchev–Trinajstić information content (AvgIpc) is 0.850. The third-order valence-corrected chi connectivity index (χ3v) is 24.2. The molecule has 0 radical (unpaired) electrons. The van der Waals surface area contributed by atoms with Crippen LogP contribution in [-0.2, 0) is 130 Å². The molecule has 0 unspecified atom stereocenters. The molecule has 0 aliphatic heterocycles. The quantitative estimate of drug-likeness (QED) is 0.0235. The Morgan fingerprint density at radius 3 is 0.886 bits per heavy atom. The first-order chi connectivity index (χ1) is 70.6. The highest BCUT2D eigenvalue weighted by Gasteiger charge is 2.42. The summed E-state index contributed by atoms with van der Waals surface area (Å²) < 4.78 is 0. The van der Waals surface area contributed by atoms with Crippen LogP contribution in [0.5, 0.6) is 0 Å². The predicted octanol–water partition coefficient (Wildman–Crippen LogP) is -5.31. The van der Waals surface area contributed by atoms with Gasteiger partial charge in [-0.2, -0.15) is 11.8 Å². The minimum Gasteiger partial charge on any atom is -0.481 e. The number of primary amides is 2. The monoisotopic (exact) mass is 2120 g/mol. The Kier molecular flexibility index (Phi) is 60.2. The molecule has 149 heavy (non-hydrogen) atoms. The first-order valence-electron chi connectivity index (χ1n) is 49.3. The van der Waals surface area contributed by atoms with E-state index in [0.29, 0.717) is 29.5 Å². The molecule has 826 valence electrons. The van der Waals surface area contributed by atoms with Crippen LogP contribution < -0.4 is 125 Å². The van der Waals surface area contributed by atoms with Crippen LogP contribution in [0.2, 0.25) is 0 Å². The lowest BCUT2D eigenvalue weighted by Crippen LogP contribution is -2.62. The van der Waals surface area contributed by atoms with E-state index in [4.69, 9.17) is 45.2 Å².